The van der Waals surface area contributed by atoms with Crippen LogP contribution in [0, 0.1) is 19.7 Å². The summed E-state index contributed by atoms with van der Waals surface area (Å²) in [6, 6.07) is 14.6. The summed E-state index contributed by atoms with van der Waals surface area (Å²) in [7, 11) is -4.01. The number of sulfonamides is 1. The van der Waals surface area contributed by atoms with Gasteiger partial charge in [0.2, 0.25) is 5.13 Å². The molecular formula is C22H17FN3O3S2-. The minimum absolute atomic E-state index is 0.0775. The van der Waals surface area contributed by atoms with Crippen LogP contribution >= 0.6 is 11.3 Å². The number of benzene rings is 3. The summed E-state index contributed by atoms with van der Waals surface area (Å²) >= 11 is 1.29. The number of anilines is 1. The molecule has 0 amide bonds. The number of para-hydroxylation sites is 1. The molecular weight excluding hydrogens is 437 g/mol. The number of aliphatic imine (C=N–C) groups is 1. The summed E-state index contributed by atoms with van der Waals surface area (Å²) in [4.78, 5) is 8.41. The third kappa shape index (κ3) is 4.42. The normalized spacial score (nSPS) is 12.3. The third-order valence-electron chi connectivity index (χ3n) is 4.54. The van der Waals surface area contributed by atoms with Crippen LogP contribution in [0.1, 0.15) is 16.7 Å². The van der Waals surface area contributed by atoms with Crippen LogP contribution in [0.2, 0.25) is 0 Å². The van der Waals surface area contributed by atoms with E-state index in [1.807, 2.05) is 26.0 Å². The van der Waals surface area contributed by atoms with E-state index in [9.17, 15) is 17.9 Å². The van der Waals surface area contributed by atoms with Crippen LogP contribution in [0.25, 0.3) is 10.2 Å². The van der Waals surface area contributed by atoms with Gasteiger partial charge < -0.3 is 5.11 Å². The van der Waals surface area contributed by atoms with Crippen molar-refractivity contribution in [3.05, 3.63) is 83.2 Å². The fourth-order valence-electron chi connectivity index (χ4n) is 3.13. The number of aryl methyl sites for hydroxylation is 2. The molecule has 31 heavy (non-hydrogen) atoms. The Morgan fingerprint density at radius 3 is 2.55 bits per heavy atom. The molecule has 0 aliphatic heterocycles. The fraction of sp³-hybridized carbons (Fsp3) is 0.0909. The highest BCUT2D eigenvalue weighted by atomic mass is 32.2. The molecule has 6 nitrogen and oxygen atoms in total. The van der Waals surface area contributed by atoms with E-state index in [0.29, 0.717) is 5.13 Å². The van der Waals surface area contributed by atoms with Crippen molar-refractivity contribution in [1.29, 1.82) is 0 Å². The molecule has 0 aliphatic carbocycles. The first-order chi connectivity index (χ1) is 14.7. The van der Waals surface area contributed by atoms with Crippen molar-refractivity contribution in [2.24, 2.45) is 4.99 Å². The van der Waals surface area contributed by atoms with Gasteiger partial charge >= 0.3 is 0 Å². The summed E-state index contributed by atoms with van der Waals surface area (Å²) < 4.78 is 41.7. The van der Waals surface area contributed by atoms with Gasteiger partial charge in [-0.3, -0.25) is 4.72 Å². The predicted molar refractivity (Wildman–Crippen MR) is 119 cm³/mol. The van der Waals surface area contributed by atoms with Gasteiger partial charge in [-0.05, 0) is 67.3 Å². The molecule has 0 atom stereocenters. The maximum Gasteiger partial charge on any atom is 0.261 e. The number of nitrogens with one attached hydrogen (secondary N) is 1. The number of fused-ring (bicyclic) bond motifs is 1. The van der Waals surface area contributed by atoms with Crippen molar-refractivity contribution in [2.45, 2.75) is 18.7 Å². The lowest BCUT2D eigenvalue weighted by atomic mass is 10.1. The molecule has 4 rings (SSSR count). The lowest BCUT2D eigenvalue weighted by Crippen LogP contribution is -2.22. The van der Waals surface area contributed by atoms with E-state index in [2.05, 4.69) is 14.7 Å². The molecule has 0 spiro atoms. The number of rotatable bonds is 5. The molecule has 158 valence electrons. The Morgan fingerprint density at radius 2 is 1.81 bits per heavy atom. The molecule has 1 aromatic heterocycles. The van der Waals surface area contributed by atoms with Crippen molar-refractivity contribution >= 4 is 48.3 Å². The molecule has 1 N–H and O–H groups in total. The number of aromatic nitrogens is 1. The van der Waals surface area contributed by atoms with Gasteiger partial charge in [-0.2, -0.15) is 0 Å². The zero-order chi connectivity index (χ0) is 22.2. The van der Waals surface area contributed by atoms with E-state index < -0.39 is 21.7 Å². The molecule has 0 unspecified atom stereocenters. The van der Waals surface area contributed by atoms with Crippen LogP contribution in [0.4, 0.5) is 15.2 Å². The van der Waals surface area contributed by atoms with Crippen LogP contribution in [0.3, 0.4) is 0 Å². The van der Waals surface area contributed by atoms with Crippen LogP contribution in [-0.2, 0) is 10.0 Å². The monoisotopic (exact) mass is 454 g/mol. The summed E-state index contributed by atoms with van der Waals surface area (Å²) in [6.07, 6.45) is 0. The lowest BCUT2D eigenvalue weighted by Gasteiger charge is -2.16. The summed E-state index contributed by atoms with van der Waals surface area (Å²) in [5, 5.41) is 13.1. The standard InChI is InChI=1S/C22H18FN3O3S2/c1-13-11-14(2)20-19(12-13)30-22(24-20)25-21(27)17-5-3-4-6-18(17)26-31(28,29)16-9-7-15(23)8-10-16/h3-12,26H,1-2H3,(H,24,25,27)/p-1. The Balaban J connectivity index is 1.69. The first kappa shape index (κ1) is 21.0. The fourth-order valence-corrected chi connectivity index (χ4v) is 5.22. The lowest BCUT2D eigenvalue weighted by molar-refractivity contribution is -0.212. The predicted octanol–water partition coefficient (Wildman–Crippen LogP) is 4.29. The van der Waals surface area contributed by atoms with Crippen molar-refractivity contribution in [1.82, 2.24) is 4.98 Å². The van der Waals surface area contributed by atoms with Crippen LogP contribution in [-0.4, -0.2) is 19.3 Å². The Bertz CT molecular complexity index is 1410. The minimum atomic E-state index is -4.01. The van der Waals surface area contributed by atoms with E-state index in [4.69, 9.17) is 0 Å². The van der Waals surface area contributed by atoms with E-state index in [-0.39, 0.29) is 16.1 Å². The quantitative estimate of drug-likeness (QED) is 0.359. The van der Waals surface area contributed by atoms with Gasteiger partial charge in [0.1, 0.15) is 5.82 Å². The Kier molecular flexibility index (Phi) is 5.47. The van der Waals surface area contributed by atoms with Gasteiger partial charge in [0.05, 0.1) is 20.8 Å². The highest BCUT2D eigenvalue weighted by Crippen LogP contribution is 2.31. The molecule has 3 aromatic carbocycles. The first-order valence-corrected chi connectivity index (χ1v) is 11.5. The smallest absolute Gasteiger partial charge is 0.261 e. The minimum Gasteiger partial charge on any atom is -0.858 e. The van der Waals surface area contributed by atoms with Crippen LogP contribution < -0.4 is 9.83 Å². The molecule has 0 aliphatic rings. The number of halogens is 1. The topological polar surface area (TPSA) is 94.5 Å². The van der Waals surface area contributed by atoms with Crippen molar-refractivity contribution in [3.8, 4) is 0 Å². The summed E-state index contributed by atoms with van der Waals surface area (Å²) in [5.74, 6) is -1.17. The molecule has 4 aromatic rings. The maximum atomic E-state index is 13.1. The first-order valence-electron chi connectivity index (χ1n) is 9.24. The molecule has 0 fully saturated rings. The SMILES string of the molecule is Cc1cc(C)c2nc(N=C([O-])c3ccccc3NS(=O)(=O)c3ccc(F)cc3)sc2c1. The molecule has 1 heterocycles. The molecule has 9 heteroatoms. The molecule has 0 radical (unpaired) electrons. The Labute approximate surface area is 182 Å². The highest BCUT2D eigenvalue weighted by Gasteiger charge is 2.16. The zero-order valence-electron chi connectivity index (χ0n) is 16.6. The van der Waals surface area contributed by atoms with Crippen molar-refractivity contribution < 1.29 is 17.9 Å². The van der Waals surface area contributed by atoms with Gasteiger partial charge in [0.15, 0.2) is 0 Å². The average Bonchev–Trinajstić information content (AvgIpc) is 3.11. The van der Waals surface area contributed by atoms with E-state index >= 15 is 0 Å². The van der Waals surface area contributed by atoms with E-state index in [0.717, 1.165) is 45.6 Å². The number of nitrogens with zero attached hydrogens (tertiary/aromatic N) is 2. The van der Waals surface area contributed by atoms with Gasteiger partial charge in [0, 0.05) is 5.56 Å². The number of hydrogen-bond donors (Lipinski definition) is 1. The van der Waals surface area contributed by atoms with Crippen molar-refractivity contribution in [3.63, 3.8) is 0 Å². The third-order valence-corrected chi connectivity index (χ3v) is 6.82. The number of thiazole rings is 1. The average molecular weight is 455 g/mol. The second kappa shape index (κ2) is 8.09. The molecule has 0 saturated carbocycles. The van der Waals surface area contributed by atoms with E-state index in [1.54, 1.807) is 12.1 Å². The summed E-state index contributed by atoms with van der Waals surface area (Å²) in [6.45, 7) is 3.93. The van der Waals surface area contributed by atoms with Gasteiger partial charge in [-0.1, -0.05) is 35.6 Å². The zero-order valence-corrected chi connectivity index (χ0v) is 18.2. The second-order valence-corrected chi connectivity index (χ2v) is 9.64. The molecule has 0 saturated heterocycles. The Morgan fingerprint density at radius 1 is 1.10 bits per heavy atom. The largest absolute Gasteiger partial charge is 0.858 e. The maximum absolute atomic E-state index is 13.1. The van der Waals surface area contributed by atoms with Gasteiger partial charge in [-0.25, -0.2) is 22.8 Å². The number of hydrogen-bond acceptors (Lipinski definition) is 6. The molecule has 0 bridgehead atoms. The van der Waals surface area contributed by atoms with Gasteiger partial charge in [0.25, 0.3) is 10.0 Å². The van der Waals surface area contributed by atoms with E-state index in [1.165, 1.54) is 23.5 Å². The Hall–Kier alpha value is -3.30. The van der Waals surface area contributed by atoms with Crippen LogP contribution in [0.15, 0.2) is 70.6 Å². The highest BCUT2D eigenvalue weighted by molar-refractivity contribution is 7.92. The van der Waals surface area contributed by atoms with Crippen LogP contribution in [0.5, 0.6) is 0 Å². The van der Waals surface area contributed by atoms with Gasteiger partial charge in [-0.15, -0.1) is 0 Å². The second-order valence-electron chi connectivity index (χ2n) is 6.95. The van der Waals surface area contributed by atoms with Crippen molar-refractivity contribution in [2.75, 3.05) is 4.72 Å². The summed E-state index contributed by atoms with van der Waals surface area (Å²) in [5.41, 5.74) is 3.03.